The van der Waals surface area contributed by atoms with Crippen LogP contribution >= 0.6 is 0 Å². The number of methoxy groups -OCH3 is 1. The Morgan fingerprint density at radius 3 is 2.36 bits per heavy atom. The monoisotopic (exact) mass is 361 g/mol. The lowest BCUT2D eigenvalue weighted by Crippen LogP contribution is -2.42. The van der Waals surface area contributed by atoms with E-state index in [0.717, 1.165) is 6.07 Å². The summed E-state index contributed by atoms with van der Waals surface area (Å²) in [4.78, 5) is 26.8. The van der Waals surface area contributed by atoms with Crippen molar-refractivity contribution in [2.24, 2.45) is 0 Å². The van der Waals surface area contributed by atoms with Crippen molar-refractivity contribution in [2.75, 3.05) is 52.8 Å². The van der Waals surface area contributed by atoms with Gasteiger partial charge in [-0.3, -0.25) is 14.5 Å². The number of rotatable bonds is 8. The summed E-state index contributed by atoms with van der Waals surface area (Å²) in [5.74, 6) is -0.862. The Morgan fingerprint density at radius 1 is 1.16 bits per heavy atom. The van der Waals surface area contributed by atoms with Crippen molar-refractivity contribution >= 4 is 17.5 Å². The highest BCUT2D eigenvalue weighted by Crippen LogP contribution is 2.34. The summed E-state index contributed by atoms with van der Waals surface area (Å²) in [6.07, 6.45) is -4.57. The fraction of sp³-hybridized carbons (Fsp3) is 0.500. The zero-order valence-corrected chi connectivity index (χ0v) is 14.4. The van der Waals surface area contributed by atoms with Crippen LogP contribution in [0.2, 0.25) is 0 Å². The van der Waals surface area contributed by atoms with Gasteiger partial charge in [0.05, 0.1) is 30.9 Å². The molecule has 2 amide bonds. The standard InChI is InChI=1S/C16H22F3N3O3/c1-21(2)15(24)11-22(8-9-25-3)10-14(23)20-13-7-5-4-6-12(13)16(17,18)19/h4-7H,8-11H2,1-3H3,(H,20,23). The molecule has 25 heavy (non-hydrogen) atoms. The van der Waals surface area contributed by atoms with Crippen molar-refractivity contribution in [3.63, 3.8) is 0 Å². The van der Waals surface area contributed by atoms with Gasteiger partial charge in [-0.25, -0.2) is 0 Å². The maximum Gasteiger partial charge on any atom is 0.418 e. The Morgan fingerprint density at radius 2 is 1.80 bits per heavy atom. The van der Waals surface area contributed by atoms with Crippen LogP contribution in [0.3, 0.4) is 0 Å². The molecule has 1 N–H and O–H groups in total. The molecule has 0 saturated heterocycles. The molecule has 1 aromatic carbocycles. The number of carbonyl (C=O) groups excluding carboxylic acids is 2. The third-order valence-corrected chi connectivity index (χ3v) is 3.34. The van der Waals surface area contributed by atoms with Crippen LogP contribution < -0.4 is 5.32 Å². The molecule has 9 heteroatoms. The number of hydrogen-bond acceptors (Lipinski definition) is 4. The van der Waals surface area contributed by atoms with Gasteiger partial charge in [0.25, 0.3) is 0 Å². The number of ether oxygens (including phenoxy) is 1. The molecule has 140 valence electrons. The molecule has 0 fully saturated rings. The van der Waals surface area contributed by atoms with E-state index in [1.165, 1.54) is 35.1 Å². The van der Waals surface area contributed by atoms with Crippen LogP contribution in [0.4, 0.5) is 18.9 Å². The van der Waals surface area contributed by atoms with E-state index in [4.69, 9.17) is 4.74 Å². The van der Waals surface area contributed by atoms with Crippen LogP contribution in [0.25, 0.3) is 0 Å². The first-order chi connectivity index (χ1) is 11.6. The summed E-state index contributed by atoms with van der Waals surface area (Å²) in [5.41, 5.74) is -1.23. The van der Waals surface area contributed by atoms with E-state index >= 15 is 0 Å². The second-order valence-corrected chi connectivity index (χ2v) is 5.58. The molecule has 0 aliphatic heterocycles. The number of amides is 2. The number of nitrogens with one attached hydrogen (secondary N) is 1. The van der Waals surface area contributed by atoms with E-state index in [0.29, 0.717) is 6.54 Å². The third kappa shape index (κ3) is 7.10. The second kappa shape index (κ2) is 9.38. The average Bonchev–Trinajstić information content (AvgIpc) is 2.51. The third-order valence-electron chi connectivity index (χ3n) is 3.34. The van der Waals surface area contributed by atoms with Crippen molar-refractivity contribution in [3.8, 4) is 0 Å². The van der Waals surface area contributed by atoms with Crippen LogP contribution in [0.1, 0.15) is 5.56 Å². The fourth-order valence-electron chi connectivity index (χ4n) is 2.00. The molecule has 0 aliphatic rings. The van der Waals surface area contributed by atoms with Crippen molar-refractivity contribution in [2.45, 2.75) is 6.18 Å². The van der Waals surface area contributed by atoms with E-state index in [1.54, 1.807) is 14.1 Å². The summed E-state index contributed by atoms with van der Waals surface area (Å²) in [6, 6.07) is 4.74. The molecule has 1 rings (SSSR count). The van der Waals surface area contributed by atoms with Crippen molar-refractivity contribution in [3.05, 3.63) is 29.8 Å². The molecule has 0 heterocycles. The Kier molecular flexibility index (Phi) is 7.85. The number of alkyl halides is 3. The Labute approximate surface area is 144 Å². The van der Waals surface area contributed by atoms with E-state index in [1.807, 2.05) is 0 Å². The highest BCUT2D eigenvalue weighted by atomic mass is 19.4. The minimum absolute atomic E-state index is 0.0370. The largest absolute Gasteiger partial charge is 0.418 e. The molecular weight excluding hydrogens is 339 g/mol. The van der Waals surface area contributed by atoms with Gasteiger partial charge in [0.2, 0.25) is 11.8 Å². The number of benzene rings is 1. The molecule has 1 aromatic rings. The highest BCUT2D eigenvalue weighted by molar-refractivity contribution is 5.93. The lowest BCUT2D eigenvalue weighted by Gasteiger charge is -2.23. The maximum atomic E-state index is 13.0. The van der Waals surface area contributed by atoms with Gasteiger partial charge in [0, 0.05) is 27.7 Å². The highest BCUT2D eigenvalue weighted by Gasteiger charge is 2.33. The van der Waals surface area contributed by atoms with E-state index in [-0.39, 0.29) is 31.3 Å². The summed E-state index contributed by atoms with van der Waals surface area (Å²) in [5, 5.41) is 2.26. The quantitative estimate of drug-likeness (QED) is 0.765. The first kappa shape index (κ1) is 20.9. The topological polar surface area (TPSA) is 61.9 Å². The van der Waals surface area contributed by atoms with Crippen molar-refractivity contribution in [1.82, 2.24) is 9.80 Å². The summed E-state index contributed by atoms with van der Waals surface area (Å²) in [7, 11) is 4.64. The van der Waals surface area contributed by atoms with Crippen LogP contribution in [-0.4, -0.2) is 69.1 Å². The first-order valence-electron chi connectivity index (χ1n) is 7.52. The predicted octanol–water partition coefficient (Wildman–Crippen LogP) is 1.68. The van der Waals surface area contributed by atoms with Gasteiger partial charge in [-0.1, -0.05) is 12.1 Å². The fourth-order valence-corrected chi connectivity index (χ4v) is 2.00. The van der Waals surface area contributed by atoms with Gasteiger partial charge < -0.3 is 15.0 Å². The van der Waals surface area contributed by atoms with Gasteiger partial charge in [-0.15, -0.1) is 0 Å². The molecule has 0 aliphatic carbocycles. The van der Waals surface area contributed by atoms with Crippen molar-refractivity contribution in [1.29, 1.82) is 0 Å². The second-order valence-electron chi connectivity index (χ2n) is 5.58. The smallest absolute Gasteiger partial charge is 0.383 e. The zero-order chi connectivity index (χ0) is 19.0. The molecule has 0 aromatic heterocycles. The van der Waals surface area contributed by atoms with E-state index < -0.39 is 17.6 Å². The molecule has 0 atom stereocenters. The summed E-state index contributed by atoms with van der Waals surface area (Å²) >= 11 is 0. The molecule has 6 nitrogen and oxygen atoms in total. The lowest BCUT2D eigenvalue weighted by molar-refractivity contribution is -0.137. The van der Waals surface area contributed by atoms with Gasteiger partial charge in [-0.2, -0.15) is 13.2 Å². The lowest BCUT2D eigenvalue weighted by atomic mass is 10.1. The summed E-state index contributed by atoms with van der Waals surface area (Å²) < 4.78 is 43.8. The summed E-state index contributed by atoms with van der Waals surface area (Å²) in [6.45, 7) is 0.317. The van der Waals surface area contributed by atoms with Gasteiger partial charge >= 0.3 is 6.18 Å². The maximum absolute atomic E-state index is 13.0. The SMILES string of the molecule is COCCN(CC(=O)Nc1ccccc1C(F)(F)F)CC(=O)N(C)C. The first-order valence-corrected chi connectivity index (χ1v) is 7.52. The van der Waals surface area contributed by atoms with Gasteiger partial charge in [0.1, 0.15) is 0 Å². The van der Waals surface area contributed by atoms with Crippen LogP contribution in [0.15, 0.2) is 24.3 Å². The van der Waals surface area contributed by atoms with Gasteiger partial charge in [0.15, 0.2) is 0 Å². The molecule has 0 bridgehead atoms. The van der Waals surface area contributed by atoms with E-state index in [9.17, 15) is 22.8 Å². The molecule has 0 spiro atoms. The Bertz CT molecular complexity index is 591. The minimum Gasteiger partial charge on any atom is -0.383 e. The van der Waals surface area contributed by atoms with Crippen molar-refractivity contribution < 1.29 is 27.5 Å². The van der Waals surface area contributed by atoms with Crippen LogP contribution in [-0.2, 0) is 20.5 Å². The van der Waals surface area contributed by atoms with Gasteiger partial charge in [-0.05, 0) is 12.1 Å². The number of nitrogens with zero attached hydrogens (tertiary/aromatic N) is 2. The van der Waals surface area contributed by atoms with E-state index in [2.05, 4.69) is 5.32 Å². The van der Waals surface area contributed by atoms with Crippen LogP contribution in [0, 0.1) is 0 Å². The number of carbonyl (C=O) groups is 2. The number of halogens is 3. The number of para-hydroxylation sites is 1. The molecular formula is C16H22F3N3O3. The number of anilines is 1. The number of likely N-dealkylation sites (N-methyl/N-ethyl adjacent to an activating group) is 1. The molecule has 0 saturated carbocycles. The normalized spacial score (nSPS) is 11.5. The Balaban J connectivity index is 2.79. The number of hydrogen-bond donors (Lipinski definition) is 1. The molecule has 0 radical (unpaired) electrons. The zero-order valence-electron chi connectivity index (χ0n) is 14.4. The Hall–Kier alpha value is -2.13. The molecule has 0 unspecified atom stereocenters. The minimum atomic E-state index is -4.57. The average molecular weight is 361 g/mol. The predicted molar refractivity (Wildman–Crippen MR) is 87.1 cm³/mol. The van der Waals surface area contributed by atoms with Crippen LogP contribution in [0.5, 0.6) is 0 Å².